The van der Waals surface area contributed by atoms with E-state index in [0.29, 0.717) is 13.2 Å². The molecule has 1 N–H and O–H groups in total. The van der Waals surface area contributed by atoms with Crippen molar-refractivity contribution in [3.8, 4) is 11.5 Å². The highest BCUT2D eigenvalue weighted by atomic mass is 28.4. The molecule has 5 nitrogen and oxygen atoms in total. The van der Waals surface area contributed by atoms with Crippen molar-refractivity contribution in [3.05, 3.63) is 23.8 Å². The van der Waals surface area contributed by atoms with Crippen LogP contribution >= 0.6 is 0 Å². The fourth-order valence-corrected chi connectivity index (χ4v) is 4.48. The molecule has 7 heteroatoms. The Morgan fingerprint density at radius 3 is 1.56 bits per heavy atom. The Kier molecular flexibility index (Phi) is 8.88. The highest BCUT2D eigenvalue weighted by Crippen LogP contribution is 2.40. The van der Waals surface area contributed by atoms with Gasteiger partial charge in [0.05, 0.1) is 6.61 Å². The van der Waals surface area contributed by atoms with E-state index in [2.05, 4.69) is 85.2 Å². The van der Waals surface area contributed by atoms with Crippen LogP contribution in [0.3, 0.4) is 0 Å². The molecule has 0 aliphatic rings. The predicted octanol–water partition coefficient (Wildman–Crippen LogP) is 6.89. The summed E-state index contributed by atoms with van der Waals surface area (Å²) in [7, 11) is -4.03. The van der Waals surface area contributed by atoms with Crippen LogP contribution in [-0.2, 0) is 16.1 Å². The van der Waals surface area contributed by atoms with Crippen molar-refractivity contribution in [1.82, 2.24) is 5.32 Å². The van der Waals surface area contributed by atoms with Crippen molar-refractivity contribution >= 4 is 22.6 Å². The van der Waals surface area contributed by atoms with Crippen LogP contribution in [0.25, 0.3) is 0 Å². The average molecular weight is 482 g/mol. The lowest BCUT2D eigenvalue weighted by Crippen LogP contribution is -2.47. The molecule has 1 rings (SSSR count). The third-order valence-electron chi connectivity index (χ3n) is 6.82. The molecule has 0 bridgehead atoms. The van der Waals surface area contributed by atoms with Crippen LogP contribution in [0.15, 0.2) is 18.2 Å². The van der Waals surface area contributed by atoms with Crippen LogP contribution < -0.4 is 14.2 Å². The minimum Gasteiger partial charge on any atom is -0.543 e. The Morgan fingerprint density at radius 2 is 1.22 bits per heavy atom. The second kappa shape index (κ2) is 9.89. The van der Waals surface area contributed by atoms with E-state index >= 15 is 0 Å². The lowest BCUT2D eigenvalue weighted by Gasteiger charge is -2.38. The number of benzene rings is 1. The van der Waals surface area contributed by atoms with Crippen LogP contribution in [0.1, 0.15) is 67.9 Å². The minimum absolute atomic E-state index is 0.0909. The molecule has 0 aliphatic heterocycles. The summed E-state index contributed by atoms with van der Waals surface area (Å²) in [4.78, 5) is 12.3. The summed E-state index contributed by atoms with van der Waals surface area (Å²) in [6.45, 7) is 28.8. The second-order valence-corrected chi connectivity index (χ2v) is 21.7. The van der Waals surface area contributed by atoms with Gasteiger partial charge in [-0.15, -0.1) is 0 Å². The maximum absolute atomic E-state index is 12.3. The molecule has 0 unspecified atom stereocenters. The van der Waals surface area contributed by atoms with E-state index in [0.717, 1.165) is 17.1 Å². The maximum Gasteiger partial charge on any atom is 0.325 e. The molecule has 0 spiro atoms. The van der Waals surface area contributed by atoms with Gasteiger partial charge in [-0.1, -0.05) is 41.5 Å². The van der Waals surface area contributed by atoms with Gasteiger partial charge < -0.3 is 13.6 Å². The number of ether oxygens (including phenoxy) is 1. The van der Waals surface area contributed by atoms with Gasteiger partial charge in [0, 0.05) is 12.6 Å². The molecule has 0 heterocycles. The second-order valence-electron chi connectivity index (χ2n) is 12.2. The van der Waals surface area contributed by atoms with Gasteiger partial charge in [-0.3, -0.25) is 10.1 Å². The normalized spacial score (nSPS) is 13.7. The first-order valence-electron chi connectivity index (χ1n) is 11.7. The summed E-state index contributed by atoms with van der Waals surface area (Å²) in [5, 5.41) is 3.52. The zero-order valence-corrected chi connectivity index (χ0v) is 24.8. The molecule has 0 aliphatic carbocycles. The third kappa shape index (κ3) is 7.63. The first kappa shape index (κ1) is 28.7. The fraction of sp³-hybridized carbons (Fsp3) is 0.720. The van der Waals surface area contributed by atoms with Crippen molar-refractivity contribution in [2.45, 2.75) is 111 Å². The summed E-state index contributed by atoms with van der Waals surface area (Å²) in [5.74, 6) is 1.41. The number of carbonyl (C=O) groups is 1. The van der Waals surface area contributed by atoms with Gasteiger partial charge in [0.1, 0.15) is 17.0 Å². The summed E-state index contributed by atoms with van der Waals surface area (Å²) < 4.78 is 18.5. The molecular formula is C25H47NO4Si2. The van der Waals surface area contributed by atoms with Gasteiger partial charge in [0.2, 0.25) is 16.6 Å². The van der Waals surface area contributed by atoms with Gasteiger partial charge >= 0.3 is 5.97 Å². The van der Waals surface area contributed by atoms with Crippen LogP contribution in [0.2, 0.25) is 36.3 Å². The van der Waals surface area contributed by atoms with Crippen LogP contribution in [0.5, 0.6) is 11.5 Å². The predicted molar refractivity (Wildman–Crippen MR) is 140 cm³/mol. The molecular weight excluding hydrogens is 434 g/mol. The average Bonchev–Trinajstić information content (AvgIpc) is 2.57. The number of hydrogen-bond acceptors (Lipinski definition) is 5. The smallest absolute Gasteiger partial charge is 0.325 e. The van der Waals surface area contributed by atoms with Gasteiger partial charge in [-0.05, 0) is 74.7 Å². The lowest BCUT2D eigenvalue weighted by molar-refractivity contribution is -0.149. The van der Waals surface area contributed by atoms with E-state index in [1.807, 2.05) is 26.8 Å². The number of rotatable bonds is 9. The molecule has 0 fully saturated rings. The molecule has 32 heavy (non-hydrogen) atoms. The fourth-order valence-electron chi connectivity index (χ4n) is 2.45. The Morgan fingerprint density at radius 1 is 0.812 bits per heavy atom. The molecule has 0 aromatic heterocycles. The molecule has 0 saturated carbocycles. The summed E-state index contributed by atoms with van der Waals surface area (Å²) >= 11 is 0. The maximum atomic E-state index is 12.3. The van der Waals surface area contributed by atoms with Gasteiger partial charge in [-0.2, -0.15) is 0 Å². The zero-order chi connectivity index (χ0) is 25.2. The molecule has 0 atom stereocenters. The van der Waals surface area contributed by atoms with Crippen LogP contribution in [0.4, 0.5) is 0 Å². The largest absolute Gasteiger partial charge is 0.543 e. The Hall–Kier alpha value is -1.32. The number of esters is 1. The zero-order valence-electron chi connectivity index (χ0n) is 22.8. The van der Waals surface area contributed by atoms with E-state index in [4.69, 9.17) is 13.6 Å². The van der Waals surface area contributed by atoms with E-state index in [9.17, 15) is 4.79 Å². The van der Waals surface area contributed by atoms with Crippen molar-refractivity contribution < 1.29 is 18.4 Å². The van der Waals surface area contributed by atoms with Gasteiger partial charge in [-0.25, -0.2) is 0 Å². The van der Waals surface area contributed by atoms with Crippen LogP contribution in [0, 0.1) is 0 Å². The topological polar surface area (TPSA) is 56.8 Å². The quantitative estimate of drug-likeness (QED) is 0.307. The van der Waals surface area contributed by atoms with E-state index in [1.54, 1.807) is 0 Å². The number of nitrogens with one attached hydrogen (secondary N) is 1. The van der Waals surface area contributed by atoms with Crippen molar-refractivity contribution in [2.24, 2.45) is 0 Å². The molecule has 1 aromatic rings. The number of carbonyl (C=O) groups excluding carboxylic acids is 1. The van der Waals surface area contributed by atoms with Crippen molar-refractivity contribution in [1.29, 1.82) is 0 Å². The Balaban J connectivity index is 3.30. The molecule has 0 saturated heterocycles. The minimum atomic E-state index is -2.01. The molecule has 0 amide bonds. The van der Waals surface area contributed by atoms with E-state index in [-0.39, 0.29) is 16.0 Å². The Labute approximate surface area is 198 Å². The third-order valence-corrected chi connectivity index (χ3v) is 15.5. The molecule has 0 radical (unpaired) electrons. The van der Waals surface area contributed by atoms with Crippen molar-refractivity contribution in [3.63, 3.8) is 0 Å². The van der Waals surface area contributed by atoms with Crippen molar-refractivity contribution in [2.75, 3.05) is 6.61 Å². The standard InChI is InChI=1S/C25H47NO4Si2/c1-14-28-22(27)25(8,9)26-18-19-15-20(29-31(10,11)23(2,3)4)17-21(16-19)30-32(12,13)24(5,6)7/h15-17,26H,14,18H2,1-13H3. The SMILES string of the molecule is CCOC(=O)C(C)(C)NCc1cc(O[Si](C)(C)C(C)(C)C)cc(O[Si](C)(C)C(C)(C)C)c1. The van der Waals surface area contributed by atoms with E-state index in [1.165, 1.54) is 0 Å². The highest BCUT2D eigenvalue weighted by molar-refractivity contribution is 6.75. The lowest BCUT2D eigenvalue weighted by atomic mass is 10.1. The summed E-state index contributed by atoms with van der Waals surface area (Å²) in [5.41, 5.74) is 0.236. The summed E-state index contributed by atoms with van der Waals surface area (Å²) in [6.07, 6.45) is 0. The van der Waals surface area contributed by atoms with Gasteiger partial charge in [0.25, 0.3) is 0 Å². The first-order chi connectivity index (χ1) is 14.2. The highest BCUT2D eigenvalue weighted by Gasteiger charge is 2.40. The first-order valence-corrected chi connectivity index (χ1v) is 17.5. The Bertz CT molecular complexity index is 744. The molecule has 1 aromatic carbocycles. The van der Waals surface area contributed by atoms with E-state index < -0.39 is 22.2 Å². The summed E-state index contributed by atoms with van der Waals surface area (Å²) in [6, 6.07) is 6.15. The number of hydrogen-bond donors (Lipinski definition) is 1. The van der Waals surface area contributed by atoms with Crippen LogP contribution in [-0.4, -0.2) is 34.7 Å². The molecule has 184 valence electrons. The van der Waals surface area contributed by atoms with Gasteiger partial charge in [0.15, 0.2) is 0 Å². The monoisotopic (exact) mass is 481 g/mol.